The van der Waals surface area contributed by atoms with Gasteiger partial charge in [-0.2, -0.15) is 0 Å². The quantitative estimate of drug-likeness (QED) is 0.678. The highest BCUT2D eigenvalue weighted by molar-refractivity contribution is 7.91. The summed E-state index contributed by atoms with van der Waals surface area (Å²) in [7, 11) is -2.94. The maximum absolute atomic E-state index is 11.5. The molecule has 2 unspecified atom stereocenters. The molecule has 0 bridgehead atoms. The van der Waals surface area contributed by atoms with Gasteiger partial charge in [0.15, 0.2) is 9.84 Å². The van der Waals surface area contributed by atoms with Crippen LogP contribution in [0.4, 0.5) is 0 Å². The lowest BCUT2D eigenvalue weighted by molar-refractivity contribution is 0.111. The van der Waals surface area contributed by atoms with Crippen molar-refractivity contribution in [1.29, 1.82) is 0 Å². The van der Waals surface area contributed by atoms with Gasteiger partial charge < -0.3 is 9.84 Å². The van der Waals surface area contributed by atoms with E-state index in [0.717, 1.165) is 13.0 Å². The van der Waals surface area contributed by atoms with Crippen molar-refractivity contribution < 1.29 is 18.3 Å². The fourth-order valence-corrected chi connectivity index (χ4v) is 4.31. The molecule has 2 rings (SSSR count). The van der Waals surface area contributed by atoms with E-state index in [1.54, 1.807) is 0 Å². The number of aliphatic hydroxyl groups is 1. The van der Waals surface area contributed by atoms with Crippen molar-refractivity contribution in [1.82, 2.24) is 0 Å². The van der Waals surface area contributed by atoms with Crippen LogP contribution in [0.15, 0.2) is 0 Å². The van der Waals surface area contributed by atoms with Gasteiger partial charge in [-0.05, 0) is 19.3 Å². The van der Waals surface area contributed by atoms with Crippen LogP contribution < -0.4 is 0 Å². The zero-order valence-electron chi connectivity index (χ0n) is 8.11. The van der Waals surface area contributed by atoms with Gasteiger partial charge in [0, 0.05) is 12.0 Å². The molecule has 2 aliphatic heterocycles. The SMILES string of the molecule is O=S1(=O)CCCC(CO)(CC2CO2)C1. The molecule has 0 aliphatic carbocycles. The highest BCUT2D eigenvalue weighted by atomic mass is 32.2. The number of aliphatic hydroxyl groups excluding tert-OH is 1. The summed E-state index contributed by atoms with van der Waals surface area (Å²) < 4.78 is 28.1. The number of ether oxygens (including phenoxy) is 1. The summed E-state index contributed by atoms with van der Waals surface area (Å²) in [5.41, 5.74) is -0.418. The number of epoxide rings is 1. The van der Waals surface area contributed by atoms with Gasteiger partial charge in [0.25, 0.3) is 0 Å². The molecule has 2 saturated heterocycles. The summed E-state index contributed by atoms with van der Waals surface area (Å²) in [6, 6.07) is 0. The predicted molar refractivity (Wildman–Crippen MR) is 51.8 cm³/mol. The zero-order chi connectivity index (χ0) is 10.2. The predicted octanol–water partition coefficient (Wildman–Crippen LogP) is -0.0374. The van der Waals surface area contributed by atoms with E-state index < -0.39 is 15.3 Å². The average Bonchev–Trinajstić information content (AvgIpc) is 2.86. The van der Waals surface area contributed by atoms with Crippen molar-refractivity contribution in [3.05, 3.63) is 0 Å². The van der Waals surface area contributed by atoms with Crippen LogP contribution in [0.2, 0.25) is 0 Å². The number of hydrogen-bond acceptors (Lipinski definition) is 4. The fourth-order valence-electron chi connectivity index (χ4n) is 2.30. The van der Waals surface area contributed by atoms with Crippen LogP contribution in [-0.2, 0) is 14.6 Å². The maximum atomic E-state index is 11.5. The molecule has 2 heterocycles. The molecule has 2 fully saturated rings. The Morgan fingerprint density at radius 2 is 2.21 bits per heavy atom. The first-order valence-corrected chi connectivity index (χ1v) is 6.80. The first-order valence-electron chi connectivity index (χ1n) is 4.98. The molecule has 5 heteroatoms. The molecule has 14 heavy (non-hydrogen) atoms. The summed E-state index contributed by atoms with van der Waals surface area (Å²) in [5, 5.41) is 9.33. The minimum Gasteiger partial charge on any atom is -0.396 e. The highest BCUT2D eigenvalue weighted by Crippen LogP contribution is 2.38. The lowest BCUT2D eigenvalue weighted by Crippen LogP contribution is -2.40. The van der Waals surface area contributed by atoms with Crippen LogP contribution in [-0.4, -0.2) is 44.3 Å². The second kappa shape index (κ2) is 3.47. The van der Waals surface area contributed by atoms with Gasteiger partial charge >= 0.3 is 0 Å². The second-order valence-corrected chi connectivity index (χ2v) is 6.70. The van der Waals surface area contributed by atoms with E-state index >= 15 is 0 Å². The normalized spacial score (nSPS) is 40.8. The largest absolute Gasteiger partial charge is 0.396 e. The zero-order valence-corrected chi connectivity index (χ0v) is 8.92. The first-order chi connectivity index (χ1) is 6.55. The molecule has 1 N–H and O–H groups in total. The van der Waals surface area contributed by atoms with Crippen molar-refractivity contribution in [2.75, 3.05) is 24.7 Å². The Morgan fingerprint density at radius 3 is 2.71 bits per heavy atom. The Hall–Kier alpha value is -0.130. The van der Waals surface area contributed by atoms with Crippen LogP contribution in [0.3, 0.4) is 0 Å². The first kappa shape index (κ1) is 10.4. The third-order valence-corrected chi connectivity index (χ3v) is 5.05. The monoisotopic (exact) mass is 220 g/mol. The maximum Gasteiger partial charge on any atom is 0.150 e. The van der Waals surface area contributed by atoms with Crippen molar-refractivity contribution >= 4 is 9.84 Å². The molecule has 0 amide bonds. The fraction of sp³-hybridized carbons (Fsp3) is 1.00. The molecule has 2 atom stereocenters. The van der Waals surface area contributed by atoms with Crippen LogP contribution in [0.25, 0.3) is 0 Å². The third kappa shape index (κ3) is 2.27. The summed E-state index contributed by atoms with van der Waals surface area (Å²) in [6.07, 6.45) is 2.37. The summed E-state index contributed by atoms with van der Waals surface area (Å²) in [5.74, 6) is 0.413. The molecule has 0 saturated carbocycles. The van der Waals surface area contributed by atoms with Crippen molar-refractivity contribution in [2.45, 2.75) is 25.4 Å². The molecule has 2 aliphatic rings. The molecule has 4 nitrogen and oxygen atoms in total. The molecule has 0 spiro atoms. The Kier molecular flexibility index (Phi) is 2.57. The molecular formula is C9H16O4S. The van der Waals surface area contributed by atoms with E-state index in [2.05, 4.69) is 0 Å². The summed E-state index contributed by atoms with van der Waals surface area (Å²) in [4.78, 5) is 0. The molecule has 82 valence electrons. The van der Waals surface area contributed by atoms with Crippen molar-refractivity contribution in [2.24, 2.45) is 5.41 Å². The van der Waals surface area contributed by atoms with E-state index in [1.165, 1.54) is 0 Å². The van der Waals surface area contributed by atoms with E-state index in [1.807, 2.05) is 0 Å². The number of hydrogen-bond donors (Lipinski definition) is 1. The van der Waals surface area contributed by atoms with Crippen molar-refractivity contribution in [3.63, 3.8) is 0 Å². The van der Waals surface area contributed by atoms with E-state index in [0.29, 0.717) is 12.8 Å². The van der Waals surface area contributed by atoms with E-state index in [-0.39, 0.29) is 24.2 Å². The minimum atomic E-state index is -2.94. The second-order valence-electron chi connectivity index (χ2n) is 4.51. The van der Waals surface area contributed by atoms with Gasteiger partial charge in [0.2, 0.25) is 0 Å². The van der Waals surface area contributed by atoms with Crippen LogP contribution in [0.1, 0.15) is 19.3 Å². The van der Waals surface area contributed by atoms with E-state index in [9.17, 15) is 13.5 Å². The Balaban J connectivity index is 2.09. The van der Waals surface area contributed by atoms with Gasteiger partial charge in [-0.1, -0.05) is 0 Å². The lowest BCUT2D eigenvalue weighted by atomic mass is 9.81. The molecule has 0 aromatic carbocycles. The molecule has 0 aromatic rings. The van der Waals surface area contributed by atoms with Gasteiger partial charge in [-0.15, -0.1) is 0 Å². The third-order valence-electron chi connectivity index (χ3n) is 3.09. The molecule has 0 radical (unpaired) electrons. The van der Waals surface area contributed by atoms with Gasteiger partial charge in [-0.3, -0.25) is 0 Å². The Labute approximate surface area is 84.2 Å². The standard InChI is InChI=1S/C9H16O4S/c10-6-9(4-8-5-13-8)2-1-3-14(11,12)7-9/h8,10H,1-7H2. The molecular weight excluding hydrogens is 204 g/mol. The van der Waals surface area contributed by atoms with E-state index in [4.69, 9.17) is 4.74 Å². The van der Waals surface area contributed by atoms with Gasteiger partial charge in [-0.25, -0.2) is 8.42 Å². The van der Waals surface area contributed by atoms with Crippen LogP contribution in [0.5, 0.6) is 0 Å². The number of sulfone groups is 1. The Morgan fingerprint density at radius 1 is 1.50 bits per heavy atom. The summed E-state index contributed by atoms with van der Waals surface area (Å²) in [6.45, 7) is 0.688. The summed E-state index contributed by atoms with van der Waals surface area (Å²) >= 11 is 0. The van der Waals surface area contributed by atoms with Crippen LogP contribution >= 0.6 is 0 Å². The van der Waals surface area contributed by atoms with Crippen LogP contribution in [0, 0.1) is 5.41 Å². The molecule has 0 aromatic heterocycles. The van der Waals surface area contributed by atoms with Gasteiger partial charge in [0.1, 0.15) is 0 Å². The minimum absolute atomic E-state index is 0.0356. The Bertz CT molecular complexity index is 307. The average molecular weight is 220 g/mol. The van der Waals surface area contributed by atoms with Crippen molar-refractivity contribution in [3.8, 4) is 0 Å². The highest BCUT2D eigenvalue weighted by Gasteiger charge is 2.42. The topological polar surface area (TPSA) is 66.9 Å². The number of rotatable bonds is 3. The smallest absolute Gasteiger partial charge is 0.150 e. The van der Waals surface area contributed by atoms with Gasteiger partial charge in [0.05, 0.1) is 24.2 Å². The lowest BCUT2D eigenvalue weighted by Gasteiger charge is -2.34.